The number of carbonyl (C=O) groups is 2. The summed E-state index contributed by atoms with van der Waals surface area (Å²) in [6, 6.07) is 4.78. The number of halogens is 1. The molecule has 0 fully saturated rings. The van der Waals surface area contributed by atoms with Gasteiger partial charge in [0.25, 0.3) is 11.7 Å². The van der Waals surface area contributed by atoms with Crippen LogP contribution < -0.4 is 10.1 Å². The lowest BCUT2D eigenvalue weighted by Gasteiger charge is -2.08. The SMILES string of the molecule is COc1ccc(NC(=O)C(=O)c2c(C)nn(C)c2C)c(Cl)c1. The predicted molar refractivity (Wildman–Crippen MR) is 83.6 cm³/mol. The highest BCUT2D eigenvalue weighted by Crippen LogP contribution is 2.27. The monoisotopic (exact) mass is 321 g/mol. The first-order valence-corrected chi connectivity index (χ1v) is 6.92. The molecule has 1 aromatic carbocycles. The molecular weight excluding hydrogens is 306 g/mol. The molecule has 0 aliphatic rings. The van der Waals surface area contributed by atoms with Crippen LogP contribution in [0.25, 0.3) is 0 Å². The van der Waals surface area contributed by atoms with E-state index in [0.717, 1.165) is 0 Å². The topological polar surface area (TPSA) is 73.2 Å². The maximum atomic E-state index is 12.3. The maximum absolute atomic E-state index is 12.3. The highest BCUT2D eigenvalue weighted by Gasteiger charge is 2.24. The molecule has 116 valence electrons. The Hall–Kier alpha value is -2.34. The van der Waals surface area contributed by atoms with Crippen LogP contribution in [0.1, 0.15) is 21.7 Å². The van der Waals surface area contributed by atoms with Crippen LogP contribution in [-0.2, 0) is 11.8 Å². The third-order valence-corrected chi connectivity index (χ3v) is 3.68. The van der Waals surface area contributed by atoms with Gasteiger partial charge in [-0.1, -0.05) is 11.6 Å². The van der Waals surface area contributed by atoms with Crippen LogP contribution in [0.3, 0.4) is 0 Å². The minimum atomic E-state index is -0.758. The molecule has 0 atom stereocenters. The van der Waals surface area contributed by atoms with Crippen molar-refractivity contribution in [3.8, 4) is 5.75 Å². The molecular formula is C15H16ClN3O3. The second-order valence-corrected chi connectivity index (χ2v) is 5.21. The van der Waals surface area contributed by atoms with Gasteiger partial charge in [0.2, 0.25) is 0 Å². The summed E-state index contributed by atoms with van der Waals surface area (Å²) in [4.78, 5) is 24.5. The van der Waals surface area contributed by atoms with Gasteiger partial charge in [-0.15, -0.1) is 0 Å². The Morgan fingerprint density at radius 3 is 2.50 bits per heavy atom. The molecule has 0 radical (unpaired) electrons. The van der Waals surface area contributed by atoms with Gasteiger partial charge >= 0.3 is 0 Å². The standard InChI is InChI=1S/C15H16ClN3O3/c1-8-13(9(2)19(3)18-8)14(20)15(21)17-12-6-5-10(22-4)7-11(12)16/h5-7H,1-4H3,(H,17,21). The van der Waals surface area contributed by atoms with Gasteiger partial charge in [-0.3, -0.25) is 14.3 Å². The Balaban J connectivity index is 2.24. The van der Waals surface area contributed by atoms with E-state index in [9.17, 15) is 9.59 Å². The van der Waals surface area contributed by atoms with E-state index in [0.29, 0.717) is 33.4 Å². The minimum absolute atomic E-state index is 0.292. The van der Waals surface area contributed by atoms with Gasteiger partial charge in [0.15, 0.2) is 0 Å². The fourth-order valence-electron chi connectivity index (χ4n) is 2.12. The third-order valence-electron chi connectivity index (χ3n) is 3.37. The largest absolute Gasteiger partial charge is 0.497 e. The molecule has 0 aliphatic carbocycles. The summed E-state index contributed by atoms with van der Waals surface area (Å²) >= 11 is 6.05. The number of nitrogens with zero attached hydrogens (tertiary/aromatic N) is 2. The number of nitrogens with one attached hydrogen (secondary N) is 1. The van der Waals surface area contributed by atoms with Crippen LogP contribution in [0.2, 0.25) is 5.02 Å². The molecule has 7 heteroatoms. The number of hydrogen-bond donors (Lipinski definition) is 1. The van der Waals surface area contributed by atoms with E-state index in [2.05, 4.69) is 10.4 Å². The van der Waals surface area contributed by atoms with Crippen molar-refractivity contribution in [2.75, 3.05) is 12.4 Å². The quantitative estimate of drug-likeness (QED) is 0.693. The van der Waals surface area contributed by atoms with Gasteiger partial charge in [-0.25, -0.2) is 0 Å². The van der Waals surface area contributed by atoms with E-state index < -0.39 is 11.7 Å². The Morgan fingerprint density at radius 2 is 2.00 bits per heavy atom. The van der Waals surface area contributed by atoms with Crippen LogP contribution in [-0.4, -0.2) is 28.6 Å². The smallest absolute Gasteiger partial charge is 0.296 e. The molecule has 0 aliphatic heterocycles. The van der Waals surface area contributed by atoms with Crippen LogP contribution in [0.5, 0.6) is 5.75 Å². The van der Waals surface area contributed by atoms with Crippen molar-refractivity contribution in [3.63, 3.8) is 0 Å². The number of rotatable bonds is 4. The van der Waals surface area contributed by atoms with Crippen molar-refractivity contribution in [2.24, 2.45) is 7.05 Å². The van der Waals surface area contributed by atoms with Crippen molar-refractivity contribution in [2.45, 2.75) is 13.8 Å². The van der Waals surface area contributed by atoms with Crippen molar-refractivity contribution in [1.29, 1.82) is 0 Å². The molecule has 1 amide bonds. The number of anilines is 1. The number of ether oxygens (including phenoxy) is 1. The summed E-state index contributed by atoms with van der Waals surface area (Å²) in [7, 11) is 3.23. The molecule has 1 N–H and O–H groups in total. The maximum Gasteiger partial charge on any atom is 0.296 e. The van der Waals surface area contributed by atoms with Crippen LogP contribution in [0.4, 0.5) is 5.69 Å². The summed E-state index contributed by atoms with van der Waals surface area (Å²) in [5.74, 6) is -0.838. The Morgan fingerprint density at radius 1 is 1.32 bits per heavy atom. The van der Waals surface area contributed by atoms with Gasteiger partial charge in [-0.2, -0.15) is 5.10 Å². The number of aromatic nitrogens is 2. The molecule has 0 saturated heterocycles. The molecule has 0 bridgehead atoms. The van der Waals surface area contributed by atoms with E-state index in [1.54, 1.807) is 43.8 Å². The number of carbonyl (C=O) groups excluding carboxylic acids is 2. The Kier molecular flexibility index (Phi) is 4.51. The zero-order valence-corrected chi connectivity index (χ0v) is 13.5. The van der Waals surface area contributed by atoms with Crippen molar-refractivity contribution >= 4 is 29.0 Å². The lowest BCUT2D eigenvalue weighted by atomic mass is 10.1. The van der Waals surface area contributed by atoms with E-state index in [-0.39, 0.29) is 0 Å². The zero-order chi connectivity index (χ0) is 16.4. The molecule has 1 heterocycles. The highest BCUT2D eigenvalue weighted by molar-refractivity contribution is 6.47. The third kappa shape index (κ3) is 2.96. The van der Waals surface area contributed by atoms with Crippen molar-refractivity contribution in [1.82, 2.24) is 9.78 Å². The lowest BCUT2D eigenvalue weighted by molar-refractivity contribution is -0.112. The fraction of sp³-hybridized carbons (Fsp3) is 0.267. The number of ketones is 1. The number of amides is 1. The molecule has 2 aromatic rings. The minimum Gasteiger partial charge on any atom is -0.497 e. The fourth-order valence-corrected chi connectivity index (χ4v) is 2.34. The second kappa shape index (κ2) is 6.19. The van der Waals surface area contributed by atoms with Gasteiger partial charge in [0.1, 0.15) is 5.75 Å². The average Bonchev–Trinajstić information content (AvgIpc) is 2.73. The molecule has 22 heavy (non-hydrogen) atoms. The van der Waals surface area contributed by atoms with E-state index in [1.165, 1.54) is 7.11 Å². The number of aryl methyl sites for hydroxylation is 2. The lowest BCUT2D eigenvalue weighted by Crippen LogP contribution is -2.24. The summed E-state index contributed by atoms with van der Waals surface area (Å²) < 4.78 is 6.60. The molecule has 0 unspecified atom stereocenters. The van der Waals surface area contributed by atoms with Gasteiger partial charge in [0, 0.05) is 18.8 Å². The number of methoxy groups -OCH3 is 1. The Bertz CT molecular complexity index is 753. The average molecular weight is 322 g/mol. The zero-order valence-electron chi connectivity index (χ0n) is 12.7. The first-order valence-electron chi connectivity index (χ1n) is 6.54. The van der Waals surface area contributed by atoms with Crippen molar-refractivity contribution < 1.29 is 14.3 Å². The molecule has 6 nitrogen and oxygen atoms in total. The van der Waals surface area contributed by atoms with E-state index in [1.807, 2.05) is 0 Å². The van der Waals surface area contributed by atoms with Crippen LogP contribution in [0.15, 0.2) is 18.2 Å². The predicted octanol–water partition coefficient (Wildman–Crippen LogP) is 2.52. The van der Waals surface area contributed by atoms with Crippen LogP contribution in [0, 0.1) is 13.8 Å². The number of Topliss-reactive ketones (excluding diaryl/α,β-unsaturated/α-hetero) is 1. The number of hydrogen-bond acceptors (Lipinski definition) is 4. The van der Waals surface area contributed by atoms with Gasteiger partial charge in [-0.05, 0) is 26.0 Å². The summed E-state index contributed by atoms with van der Waals surface area (Å²) in [5, 5.41) is 6.94. The van der Waals surface area contributed by atoms with Gasteiger partial charge in [0.05, 0.1) is 29.1 Å². The summed E-state index contributed by atoms with van der Waals surface area (Å²) in [6.45, 7) is 3.43. The summed E-state index contributed by atoms with van der Waals surface area (Å²) in [6.07, 6.45) is 0. The van der Waals surface area contributed by atoms with Gasteiger partial charge < -0.3 is 10.1 Å². The molecule has 1 aromatic heterocycles. The normalized spacial score (nSPS) is 10.4. The molecule has 2 rings (SSSR count). The van der Waals surface area contributed by atoms with E-state index in [4.69, 9.17) is 16.3 Å². The summed E-state index contributed by atoms with van der Waals surface area (Å²) in [5.41, 5.74) is 1.81. The molecule has 0 saturated carbocycles. The first-order chi connectivity index (χ1) is 10.3. The number of benzene rings is 1. The Labute approximate surface area is 133 Å². The van der Waals surface area contributed by atoms with E-state index >= 15 is 0 Å². The highest BCUT2D eigenvalue weighted by atomic mass is 35.5. The van der Waals surface area contributed by atoms with Crippen LogP contribution >= 0.6 is 11.6 Å². The first kappa shape index (κ1) is 16.0. The van der Waals surface area contributed by atoms with Crippen molar-refractivity contribution in [3.05, 3.63) is 40.2 Å². The molecule has 0 spiro atoms. The second-order valence-electron chi connectivity index (χ2n) is 4.80.